The molecule has 0 radical (unpaired) electrons. The van der Waals surface area contributed by atoms with Crippen LogP contribution in [0, 0.1) is 13.8 Å². The van der Waals surface area contributed by atoms with Crippen LogP contribution >= 0.6 is 11.8 Å². The van der Waals surface area contributed by atoms with Crippen LogP contribution in [0.3, 0.4) is 0 Å². The lowest BCUT2D eigenvalue weighted by Gasteiger charge is -2.05. The fraction of sp³-hybridized carbons (Fsp3) is 0.333. The number of thioether (sulfide) groups is 1. The summed E-state index contributed by atoms with van der Waals surface area (Å²) in [6.45, 7) is 4.39. The van der Waals surface area contributed by atoms with E-state index in [9.17, 15) is 19.2 Å². The molecule has 2 aromatic rings. The third-order valence-electron chi connectivity index (χ3n) is 4.40. The molecule has 1 aromatic carbocycles. The van der Waals surface area contributed by atoms with E-state index >= 15 is 0 Å². The summed E-state index contributed by atoms with van der Waals surface area (Å²) in [6.07, 6.45) is 1.86. The molecule has 148 valence electrons. The average molecular weight is 401 g/mol. The molecule has 0 aliphatic rings. The monoisotopic (exact) mass is 401 g/mol. The number of aromatic amines is 1. The second-order valence-electron chi connectivity index (χ2n) is 6.42. The Morgan fingerprint density at radius 3 is 2.18 bits per heavy atom. The molecule has 0 fully saturated rings. The lowest BCUT2D eigenvalue weighted by atomic mass is 10.1. The molecule has 1 N–H and O–H groups in total. The molecule has 0 unspecified atom stereocenters. The molecule has 0 saturated heterocycles. The number of aryl methyl sites for hydroxylation is 1. The number of nitrogens with one attached hydrogen (secondary N) is 1. The van der Waals surface area contributed by atoms with Gasteiger partial charge in [0.1, 0.15) is 0 Å². The van der Waals surface area contributed by atoms with Crippen molar-refractivity contribution in [3.05, 3.63) is 52.3 Å². The molecule has 0 aliphatic carbocycles. The molecule has 0 bridgehead atoms. The summed E-state index contributed by atoms with van der Waals surface area (Å²) < 4.78 is 5.00. The number of benzene rings is 1. The first-order chi connectivity index (χ1) is 13.2. The zero-order chi connectivity index (χ0) is 20.8. The normalized spacial score (nSPS) is 10.6. The maximum absolute atomic E-state index is 12.3. The van der Waals surface area contributed by atoms with Gasteiger partial charge in [-0.2, -0.15) is 0 Å². The minimum Gasteiger partial charge on any atom is -0.457 e. The van der Waals surface area contributed by atoms with E-state index in [-0.39, 0.29) is 30.1 Å². The summed E-state index contributed by atoms with van der Waals surface area (Å²) in [6, 6.07) is 7.16. The highest BCUT2D eigenvalue weighted by Crippen LogP contribution is 2.19. The summed E-state index contributed by atoms with van der Waals surface area (Å²) in [5, 5.41) is 0. The first kappa shape index (κ1) is 21.6. The van der Waals surface area contributed by atoms with Gasteiger partial charge in [-0.3, -0.25) is 19.2 Å². The molecule has 6 nitrogen and oxygen atoms in total. The number of rotatable bonds is 9. The fourth-order valence-corrected chi connectivity index (χ4v) is 3.39. The number of carbonyl (C=O) groups excluding carboxylic acids is 4. The van der Waals surface area contributed by atoms with Gasteiger partial charge < -0.3 is 9.72 Å². The lowest BCUT2D eigenvalue weighted by molar-refractivity contribution is -0.142. The van der Waals surface area contributed by atoms with E-state index in [2.05, 4.69) is 4.98 Å². The third kappa shape index (κ3) is 5.19. The number of aromatic nitrogens is 1. The second-order valence-corrected chi connectivity index (χ2v) is 7.30. The van der Waals surface area contributed by atoms with Crippen molar-refractivity contribution in [2.45, 2.75) is 38.5 Å². The summed E-state index contributed by atoms with van der Waals surface area (Å²) in [7, 11) is 0. The van der Waals surface area contributed by atoms with Crippen molar-refractivity contribution in [1.82, 2.24) is 4.98 Å². The van der Waals surface area contributed by atoms with Crippen LogP contribution in [0.5, 0.6) is 0 Å². The van der Waals surface area contributed by atoms with Crippen LogP contribution in [0.15, 0.2) is 29.2 Å². The molecule has 7 heteroatoms. The highest BCUT2D eigenvalue weighted by atomic mass is 32.2. The van der Waals surface area contributed by atoms with Gasteiger partial charge in [0, 0.05) is 28.1 Å². The number of carbonyl (C=O) groups is 4. The first-order valence-corrected chi connectivity index (χ1v) is 10.0. The third-order valence-corrected chi connectivity index (χ3v) is 5.14. The van der Waals surface area contributed by atoms with E-state index in [4.69, 9.17) is 4.74 Å². The number of H-pyrrole nitrogens is 1. The average Bonchev–Trinajstić information content (AvgIpc) is 2.98. The first-order valence-electron chi connectivity index (χ1n) is 8.80. The number of hydrogen-bond donors (Lipinski definition) is 1. The van der Waals surface area contributed by atoms with Gasteiger partial charge >= 0.3 is 5.97 Å². The van der Waals surface area contributed by atoms with Gasteiger partial charge in [-0.25, -0.2) is 0 Å². The zero-order valence-electron chi connectivity index (χ0n) is 16.4. The van der Waals surface area contributed by atoms with Crippen LogP contribution in [-0.2, 0) is 9.53 Å². The predicted molar refractivity (Wildman–Crippen MR) is 107 cm³/mol. The number of ketones is 3. The predicted octanol–water partition coefficient (Wildman–Crippen LogP) is 3.95. The lowest BCUT2D eigenvalue weighted by Crippen LogP contribution is -2.16. The van der Waals surface area contributed by atoms with Crippen molar-refractivity contribution in [3.8, 4) is 0 Å². The Hall–Kier alpha value is -2.67. The Balaban J connectivity index is 1.86. The van der Waals surface area contributed by atoms with E-state index in [1.807, 2.05) is 18.4 Å². The molecule has 2 rings (SSSR count). The minimum absolute atomic E-state index is 0.0146. The Labute approximate surface area is 168 Å². The van der Waals surface area contributed by atoms with Gasteiger partial charge in [-0.1, -0.05) is 12.1 Å². The van der Waals surface area contributed by atoms with Crippen LogP contribution in [0.1, 0.15) is 62.2 Å². The van der Waals surface area contributed by atoms with Crippen molar-refractivity contribution in [2.75, 3.05) is 12.9 Å². The van der Waals surface area contributed by atoms with E-state index in [0.29, 0.717) is 22.4 Å². The van der Waals surface area contributed by atoms with Gasteiger partial charge in [0.25, 0.3) is 0 Å². The van der Waals surface area contributed by atoms with E-state index in [0.717, 1.165) is 4.90 Å². The number of Topliss-reactive ketones (excluding diaryl/α,β-unsaturated/α-hetero) is 3. The SMILES string of the molecule is CSc1ccc(C(=O)CCC(=O)OCC(=O)c2[nH]c(C)c(C(C)=O)c2C)cc1. The standard InChI is InChI=1S/C21H23NO5S/c1-12-20(14(3)23)13(2)22-21(12)18(25)11-27-19(26)10-9-17(24)15-5-7-16(28-4)8-6-15/h5-8,22H,9-11H2,1-4H3. The van der Waals surface area contributed by atoms with Gasteiger partial charge in [0.2, 0.25) is 5.78 Å². The van der Waals surface area contributed by atoms with Crippen LogP contribution in [-0.4, -0.2) is 41.2 Å². The Morgan fingerprint density at radius 2 is 1.64 bits per heavy atom. The molecular weight excluding hydrogens is 378 g/mol. The van der Waals surface area contributed by atoms with E-state index < -0.39 is 18.4 Å². The number of esters is 1. The fourth-order valence-electron chi connectivity index (χ4n) is 2.98. The summed E-state index contributed by atoms with van der Waals surface area (Å²) in [5.74, 6) is -1.32. The maximum atomic E-state index is 12.3. The molecule has 0 saturated carbocycles. The van der Waals surface area contributed by atoms with Crippen LogP contribution in [0.4, 0.5) is 0 Å². The van der Waals surface area contributed by atoms with Crippen molar-refractivity contribution in [3.63, 3.8) is 0 Å². The largest absolute Gasteiger partial charge is 0.457 e. The van der Waals surface area contributed by atoms with Crippen molar-refractivity contribution < 1.29 is 23.9 Å². The number of ether oxygens (including phenoxy) is 1. The van der Waals surface area contributed by atoms with Crippen molar-refractivity contribution >= 4 is 35.1 Å². The van der Waals surface area contributed by atoms with Crippen molar-refractivity contribution in [1.29, 1.82) is 0 Å². The molecule has 1 heterocycles. The maximum Gasteiger partial charge on any atom is 0.306 e. The summed E-state index contributed by atoms with van der Waals surface area (Å²) >= 11 is 1.58. The van der Waals surface area contributed by atoms with Gasteiger partial charge in [-0.05, 0) is 44.7 Å². The molecular formula is C21H23NO5S. The van der Waals surface area contributed by atoms with Crippen LogP contribution in [0.2, 0.25) is 0 Å². The Morgan fingerprint density at radius 1 is 1.00 bits per heavy atom. The Bertz CT molecular complexity index is 912. The van der Waals surface area contributed by atoms with Gasteiger partial charge in [0.05, 0.1) is 12.1 Å². The van der Waals surface area contributed by atoms with Gasteiger partial charge in [-0.15, -0.1) is 11.8 Å². The molecule has 0 aliphatic heterocycles. The number of hydrogen-bond acceptors (Lipinski definition) is 6. The highest BCUT2D eigenvalue weighted by Gasteiger charge is 2.21. The Kier molecular flexibility index (Phi) is 7.34. The van der Waals surface area contributed by atoms with E-state index in [1.54, 1.807) is 37.7 Å². The minimum atomic E-state index is -0.616. The van der Waals surface area contributed by atoms with Crippen LogP contribution in [0.25, 0.3) is 0 Å². The molecule has 1 aromatic heterocycles. The molecule has 28 heavy (non-hydrogen) atoms. The summed E-state index contributed by atoms with van der Waals surface area (Å²) in [4.78, 5) is 51.9. The second kappa shape index (κ2) is 9.50. The zero-order valence-corrected chi connectivity index (χ0v) is 17.2. The van der Waals surface area contributed by atoms with Crippen molar-refractivity contribution in [2.24, 2.45) is 0 Å². The quantitative estimate of drug-likeness (QED) is 0.389. The summed E-state index contributed by atoms with van der Waals surface area (Å²) in [5.41, 5.74) is 2.44. The van der Waals surface area contributed by atoms with E-state index in [1.165, 1.54) is 6.92 Å². The topological polar surface area (TPSA) is 93.3 Å². The van der Waals surface area contributed by atoms with Crippen LogP contribution < -0.4 is 0 Å². The molecule has 0 amide bonds. The molecule has 0 spiro atoms. The smallest absolute Gasteiger partial charge is 0.306 e. The highest BCUT2D eigenvalue weighted by molar-refractivity contribution is 7.98. The van der Waals surface area contributed by atoms with Gasteiger partial charge in [0.15, 0.2) is 18.2 Å². The molecule has 0 atom stereocenters.